The van der Waals surface area contributed by atoms with Gasteiger partial charge >= 0.3 is 0 Å². The fourth-order valence-electron chi connectivity index (χ4n) is 11.4. The number of fused-ring (bicyclic) bond motifs is 15. The number of para-hydroxylation sites is 1. The molecular formula is C63H39N3. The molecule has 2 heterocycles. The van der Waals surface area contributed by atoms with Gasteiger partial charge in [-0.2, -0.15) is 0 Å². The van der Waals surface area contributed by atoms with E-state index in [1.807, 2.05) is 0 Å². The Kier molecular flexibility index (Phi) is 7.96. The van der Waals surface area contributed by atoms with Crippen molar-refractivity contribution in [2.24, 2.45) is 4.99 Å². The molecule has 14 rings (SSSR count). The number of nitrogens with zero attached hydrogens (tertiary/aromatic N) is 3. The van der Waals surface area contributed by atoms with Crippen LogP contribution in [0.15, 0.2) is 223 Å². The molecule has 0 bridgehead atoms. The molecule has 12 aromatic rings. The summed E-state index contributed by atoms with van der Waals surface area (Å²) in [5, 5.41) is 14.8. The number of aliphatic imine (C=N–C) groups is 1. The standard InChI is InChI=1S/C63H39N3/c1-37-58(53-34-40-16-2-4-18-42(40)44-20-6-9-24-48(44)53)52-28-14-15-29-57(52)64-60(37)38-30-32-39(33-31-38)63-65-61(55-35-41-17-3-5-19-43(41)45-21-7-11-26-50(45)55)56-36-54-49-25-10-8-22-46(49)47-23-12-13-27-51(47)59(54)62(56)66-63/h2-35,58H,1,36H2. The SMILES string of the molecule is C=C1C(c2ccc(-c3nc(-c4cc5ccccc5c5ccccc45)c4c(n3)-c3c(c5ccccc5c5ccccc35)C4)cc2)=Nc2ccccc2C1c1cc2ccccc2c2ccccc12. The van der Waals surface area contributed by atoms with Crippen LogP contribution in [0, 0.1) is 0 Å². The van der Waals surface area contributed by atoms with E-state index in [9.17, 15) is 0 Å². The molecule has 2 aliphatic rings. The predicted octanol–water partition coefficient (Wildman–Crippen LogP) is 16.1. The van der Waals surface area contributed by atoms with E-state index >= 15 is 0 Å². The summed E-state index contributed by atoms with van der Waals surface area (Å²) in [6.07, 6.45) is 0.753. The maximum absolute atomic E-state index is 5.62. The topological polar surface area (TPSA) is 38.1 Å². The van der Waals surface area contributed by atoms with E-state index in [2.05, 4.69) is 206 Å². The van der Waals surface area contributed by atoms with Crippen LogP contribution in [-0.2, 0) is 6.42 Å². The van der Waals surface area contributed by atoms with Gasteiger partial charge in [0.05, 0.1) is 22.8 Å². The molecule has 0 saturated heterocycles. The monoisotopic (exact) mass is 837 g/mol. The van der Waals surface area contributed by atoms with E-state index < -0.39 is 0 Å². The molecule has 3 nitrogen and oxygen atoms in total. The second-order valence-corrected chi connectivity index (χ2v) is 17.8. The molecule has 1 aliphatic carbocycles. The zero-order chi connectivity index (χ0) is 43.5. The maximum atomic E-state index is 5.62. The summed E-state index contributed by atoms with van der Waals surface area (Å²) < 4.78 is 0. The second kappa shape index (κ2) is 14.2. The van der Waals surface area contributed by atoms with Crippen LogP contribution in [0.2, 0.25) is 0 Å². The lowest BCUT2D eigenvalue weighted by Gasteiger charge is -2.29. The predicted molar refractivity (Wildman–Crippen MR) is 276 cm³/mol. The van der Waals surface area contributed by atoms with Gasteiger partial charge in [0.15, 0.2) is 5.82 Å². The van der Waals surface area contributed by atoms with Gasteiger partial charge < -0.3 is 0 Å². The molecule has 3 heteroatoms. The smallest absolute Gasteiger partial charge is 0.160 e. The third-order valence-electron chi connectivity index (χ3n) is 14.3. The average molecular weight is 838 g/mol. The zero-order valence-corrected chi connectivity index (χ0v) is 36.0. The molecule has 11 aromatic carbocycles. The highest BCUT2D eigenvalue weighted by molar-refractivity contribution is 6.20. The summed E-state index contributed by atoms with van der Waals surface area (Å²) in [7, 11) is 0. The molecule has 0 fully saturated rings. The number of aromatic nitrogens is 2. The van der Waals surface area contributed by atoms with E-state index in [0.29, 0.717) is 5.82 Å². The van der Waals surface area contributed by atoms with Crippen molar-refractivity contribution >= 4 is 76.0 Å². The normalized spacial score (nSPS) is 14.3. The summed E-state index contributed by atoms with van der Waals surface area (Å²) in [6, 6.07) is 74.5. The Morgan fingerprint density at radius 2 is 0.894 bits per heavy atom. The lowest BCUT2D eigenvalue weighted by molar-refractivity contribution is 0.991. The largest absolute Gasteiger partial charge is 0.248 e. The number of allylic oxidation sites excluding steroid dienone is 1. The van der Waals surface area contributed by atoms with Crippen LogP contribution < -0.4 is 0 Å². The summed E-state index contributed by atoms with van der Waals surface area (Å²) >= 11 is 0. The van der Waals surface area contributed by atoms with E-state index in [4.69, 9.17) is 21.5 Å². The first-order valence-corrected chi connectivity index (χ1v) is 22.8. The van der Waals surface area contributed by atoms with Crippen molar-refractivity contribution in [3.8, 4) is 33.9 Å². The quantitative estimate of drug-likeness (QED) is 0.166. The molecule has 0 N–H and O–H groups in total. The lowest BCUT2D eigenvalue weighted by atomic mass is 9.77. The van der Waals surface area contributed by atoms with E-state index in [1.54, 1.807) is 0 Å². The van der Waals surface area contributed by atoms with Gasteiger partial charge in [-0.1, -0.05) is 195 Å². The van der Waals surface area contributed by atoms with Crippen molar-refractivity contribution in [1.29, 1.82) is 0 Å². The molecule has 306 valence electrons. The minimum Gasteiger partial charge on any atom is -0.248 e. The van der Waals surface area contributed by atoms with Crippen molar-refractivity contribution in [3.63, 3.8) is 0 Å². The average Bonchev–Trinajstić information content (AvgIpc) is 3.78. The Morgan fingerprint density at radius 3 is 1.61 bits per heavy atom. The van der Waals surface area contributed by atoms with Gasteiger partial charge in [0.1, 0.15) is 0 Å². The van der Waals surface area contributed by atoms with Gasteiger partial charge in [0.2, 0.25) is 0 Å². The summed E-state index contributed by atoms with van der Waals surface area (Å²) in [6.45, 7) is 4.84. The Hall–Kier alpha value is -8.53. The molecule has 1 atom stereocenters. The number of rotatable bonds is 4. The summed E-state index contributed by atoms with van der Waals surface area (Å²) in [5.74, 6) is 0.626. The molecular weight excluding hydrogens is 799 g/mol. The number of hydrogen-bond acceptors (Lipinski definition) is 3. The highest BCUT2D eigenvalue weighted by Crippen LogP contribution is 2.50. The Morgan fingerprint density at radius 1 is 0.394 bits per heavy atom. The fourth-order valence-corrected chi connectivity index (χ4v) is 11.4. The zero-order valence-electron chi connectivity index (χ0n) is 36.0. The van der Waals surface area contributed by atoms with Gasteiger partial charge in [0.25, 0.3) is 0 Å². The van der Waals surface area contributed by atoms with Crippen molar-refractivity contribution < 1.29 is 0 Å². The lowest BCUT2D eigenvalue weighted by Crippen LogP contribution is -2.18. The van der Waals surface area contributed by atoms with Crippen LogP contribution in [-0.4, -0.2) is 15.7 Å². The minimum absolute atomic E-state index is 0.0757. The number of benzene rings is 11. The van der Waals surface area contributed by atoms with Crippen molar-refractivity contribution in [2.45, 2.75) is 12.3 Å². The first-order valence-electron chi connectivity index (χ1n) is 22.8. The van der Waals surface area contributed by atoms with Crippen molar-refractivity contribution in [3.05, 3.63) is 246 Å². The van der Waals surface area contributed by atoms with E-state index in [1.165, 1.54) is 92.5 Å². The van der Waals surface area contributed by atoms with E-state index in [0.717, 1.165) is 51.5 Å². The van der Waals surface area contributed by atoms with Crippen LogP contribution in [0.3, 0.4) is 0 Å². The Balaban J connectivity index is 0.954. The third kappa shape index (κ3) is 5.41. The molecule has 1 unspecified atom stereocenters. The first kappa shape index (κ1) is 36.9. The van der Waals surface area contributed by atoms with Crippen LogP contribution in [0.25, 0.3) is 98.5 Å². The van der Waals surface area contributed by atoms with Gasteiger partial charge in [-0.25, -0.2) is 15.0 Å². The van der Waals surface area contributed by atoms with E-state index in [-0.39, 0.29) is 5.92 Å². The van der Waals surface area contributed by atoms with Gasteiger partial charge in [-0.3, -0.25) is 0 Å². The fraction of sp³-hybridized carbons (Fsp3) is 0.0317. The summed E-state index contributed by atoms with van der Waals surface area (Å²) in [5.41, 5.74) is 14.0. The molecule has 1 aliphatic heterocycles. The minimum atomic E-state index is -0.0757. The van der Waals surface area contributed by atoms with Crippen LogP contribution >= 0.6 is 0 Å². The molecule has 1 aromatic heterocycles. The van der Waals surface area contributed by atoms with Crippen LogP contribution in [0.5, 0.6) is 0 Å². The van der Waals surface area contributed by atoms with Crippen molar-refractivity contribution in [1.82, 2.24) is 9.97 Å². The third-order valence-corrected chi connectivity index (χ3v) is 14.3. The second-order valence-electron chi connectivity index (χ2n) is 17.8. The molecule has 0 spiro atoms. The molecule has 66 heavy (non-hydrogen) atoms. The highest BCUT2D eigenvalue weighted by atomic mass is 14.9. The molecule has 0 amide bonds. The molecule has 0 saturated carbocycles. The Bertz CT molecular complexity index is 4100. The Labute approximate surface area is 381 Å². The van der Waals surface area contributed by atoms with Gasteiger partial charge in [-0.15, -0.1) is 0 Å². The molecule has 0 radical (unpaired) electrons. The van der Waals surface area contributed by atoms with Gasteiger partial charge in [-0.05, 0) is 105 Å². The van der Waals surface area contributed by atoms with Crippen LogP contribution in [0.1, 0.15) is 33.7 Å². The maximum Gasteiger partial charge on any atom is 0.160 e. The van der Waals surface area contributed by atoms with Gasteiger partial charge in [0, 0.05) is 40.2 Å². The van der Waals surface area contributed by atoms with Crippen molar-refractivity contribution in [2.75, 3.05) is 0 Å². The number of hydrogen-bond donors (Lipinski definition) is 0. The highest BCUT2D eigenvalue weighted by Gasteiger charge is 2.32. The summed E-state index contributed by atoms with van der Waals surface area (Å²) in [4.78, 5) is 16.5. The first-order chi connectivity index (χ1) is 32.7. The van der Waals surface area contributed by atoms with Crippen LogP contribution in [0.4, 0.5) is 5.69 Å².